The standard InChI is InChI=1S/C8H14N2S/c1-10-8(2-5-9)3-6-11-7-4-8/h10H,2-4,6-7H2,1H3. The Morgan fingerprint density at radius 3 is 2.64 bits per heavy atom. The number of thioether (sulfide) groups is 1. The molecule has 0 aromatic carbocycles. The summed E-state index contributed by atoms with van der Waals surface area (Å²) in [6, 6.07) is 2.26. The quantitative estimate of drug-likeness (QED) is 0.680. The van der Waals surface area contributed by atoms with E-state index in [9.17, 15) is 0 Å². The zero-order chi connectivity index (χ0) is 8.16. The van der Waals surface area contributed by atoms with Gasteiger partial charge in [0.05, 0.1) is 12.5 Å². The lowest BCUT2D eigenvalue weighted by Gasteiger charge is -2.34. The Hall–Kier alpha value is -0.200. The summed E-state index contributed by atoms with van der Waals surface area (Å²) in [5.74, 6) is 2.39. The highest BCUT2D eigenvalue weighted by molar-refractivity contribution is 7.99. The van der Waals surface area contributed by atoms with E-state index in [1.165, 1.54) is 11.5 Å². The number of hydrogen-bond acceptors (Lipinski definition) is 3. The Balaban J connectivity index is 2.51. The maximum absolute atomic E-state index is 8.62. The van der Waals surface area contributed by atoms with Crippen LogP contribution in [0.25, 0.3) is 0 Å². The van der Waals surface area contributed by atoms with Crippen molar-refractivity contribution in [2.75, 3.05) is 18.6 Å². The van der Waals surface area contributed by atoms with Crippen LogP contribution in [0.1, 0.15) is 19.3 Å². The van der Waals surface area contributed by atoms with Crippen molar-refractivity contribution in [2.45, 2.75) is 24.8 Å². The summed E-state index contributed by atoms with van der Waals surface area (Å²) < 4.78 is 0. The van der Waals surface area contributed by atoms with Crippen LogP contribution in [0.2, 0.25) is 0 Å². The van der Waals surface area contributed by atoms with Crippen LogP contribution in [0.3, 0.4) is 0 Å². The van der Waals surface area contributed by atoms with Gasteiger partial charge in [0.25, 0.3) is 0 Å². The lowest BCUT2D eigenvalue weighted by Crippen LogP contribution is -2.45. The molecule has 1 fully saturated rings. The summed E-state index contributed by atoms with van der Waals surface area (Å²) >= 11 is 1.99. The van der Waals surface area contributed by atoms with Gasteiger partial charge >= 0.3 is 0 Å². The molecule has 1 aliphatic rings. The van der Waals surface area contributed by atoms with E-state index in [2.05, 4.69) is 11.4 Å². The summed E-state index contributed by atoms with van der Waals surface area (Å²) in [5.41, 5.74) is 0.139. The van der Waals surface area contributed by atoms with Crippen LogP contribution in [-0.2, 0) is 0 Å². The highest BCUT2D eigenvalue weighted by Gasteiger charge is 2.29. The molecule has 0 bridgehead atoms. The summed E-state index contributed by atoms with van der Waals surface area (Å²) in [6.45, 7) is 0. The van der Waals surface area contributed by atoms with E-state index < -0.39 is 0 Å². The van der Waals surface area contributed by atoms with Gasteiger partial charge in [0.2, 0.25) is 0 Å². The molecule has 1 N–H and O–H groups in total. The molecule has 2 nitrogen and oxygen atoms in total. The van der Waals surface area contributed by atoms with E-state index >= 15 is 0 Å². The maximum atomic E-state index is 8.62. The predicted molar refractivity (Wildman–Crippen MR) is 48.6 cm³/mol. The highest BCUT2D eigenvalue weighted by Crippen LogP contribution is 2.28. The maximum Gasteiger partial charge on any atom is 0.0641 e. The van der Waals surface area contributed by atoms with Crippen molar-refractivity contribution in [1.29, 1.82) is 5.26 Å². The van der Waals surface area contributed by atoms with Gasteiger partial charge in [0, 0.05) is 5.54 Å². The predicted octanol–water partition coefficient (Wildman–Crippen LogP) is 1.39. The first-order chi connectivity index (χ1) is 5.33. The van der Waals surface area contributed by atoms with Gasteiger partial charge in [-0.3, -0.25) is 0 Å². The van der Waals surface area contributed by atoms with Crippen molar-refractivity contribution in [1.82, 2.24) is 5.32 Å². The molecule has 0 radical (unpaired) electrons. The second kappa shape index (κ2) is 3.99. The van der Waals surface area contributed by atoms with Crippen LogP contribution in [-0.4, -0.2) is 24.1 Å². The molecule has 0 aromatic rings. The molecular formula is C8H14N2S. The van der Waals surface area contributed by atoms with Gasteiger partial charge in [-0.1, -0.05) is 0 Å². The lowest BCUT2D eigenvalue weighted by atomic mass is 9.89. The van der Waals surface area contributed by atoms with E-state index in [1.54, 1.807) is 0 Å². The van der Waals surface area contributed by atoms with Crippen molar-refractivity contribution in [3.8, 4) is 6.07 Å². The fourth-order valence-corrected chi connectivity index (χ4v) is 2.70. The Kier molecular flexibility index (Phi) is 3.22. The largest absolute Gasteiger partial charge is 0.313 e. The first-order valence-corrected chi connectivity index (χ1v) is 5.12. The monoisotopic (exact) mass is 170 g/mol. The van der Waals surface area contributed by atoms with Gasteiger partial charge in [-0.05, 0) is 31.4 Å². The van der Waals surface area contributed by atoms with Crippen LogP contribution in [0, 0.1) is 11.3 Å². The molecule has 1 saturated heterocycles. The zero-order valence-corrected chi connectivity index (χ0v) is 7.71. The topological polar surface area (TPSA) is 35.8 Å². The first kappa shape index (κ1) is 8.89. The van der Waals surface area contributed by atoms with E-state index in [0.717, 1.165) is 12.8 Å². The molecule has 0 spiro atoms. The Morgan fingerprint density at radius 1 is 1.55 bits per heavy atom. The number of nitrogens with zero attached hydrogens (tertiary/aromatic N) is 1. The first-order valence-electron chi connectivity index (χ1n) is 3.97. The van der Waals surface area contributed by atoms with Crippen LogP contribution >= 0.6 is 11.8 Å². The summed E-state index contributed by atoms with van der Waals surface area (Å²) in [5, 5.41) is 11.9. The second-order valence-corrected chi connectivity index (χ2v) is 4.20. The summed E-state index contributed by atoms with van der Waals surface area (Å²) in [7, 11) is 1.97. The van der Waals surface area contributed by atoms with Gasteiger partial charge in [-0.2, -0.15) is 17.0 Å². The molecule has 0 aromatic heterocycles. The second-order valence-electron chi connectivity index (χ2n) is 2.98. The van der Waals surface area contributed by atoms with Crippen LogP contribution in [0.4, 0.5) is 0 Å². The minimum Gasteiger partial charge on any atom is -0.313 e. The average Bonchev–Trinajstić information content (AvgIpc) is 2.07. The molecule has 0 saturated carbocycles. The molecule has 1 heterocycles. The third-order valence-electron chi connectivity index (χ3n) is 2.40. The van der Waals surface area contributed by atoms with E-state index in [-0.39, 0.29) is 5.54 Å². The normalized spacial score (nSPS) is 22.5. The molecule has 1 aliphatic heterocycles. The molecule has 0 unspecified atom stereocenters. The van der Waals surface area contributed by atoms with E-state index in [4.69, 9.17) is 5.26 Å². The zero-order valence-electron chi connectivity index (χ0n) is 6.89. The van der Waals surface area contributed by atoms with Gasteiger partial charge < -0.3 is 5.32 Å². The van der Waals surface area contributed by atoms with Gasteiger partial charge in [0.1, 0.15) is 0 Å². The van der Waals surface area contributed by atoms with Gasteiger partial charge in [-0.25, -0.2) is 0 Å². The van der Waals surface area contributed by atoms with Crippen molar-refractivity contribution < 1.29 is 0 Å². The molecule has 11 heavy (non-hydrogen) atoms. The Bertz CT molecular complexity index is 156. The molecular weight excluding hydrogens is 156 g/mol. The molecule has 0 amide bonds. The van der Waals surface area contributed by atoms with Crippen molar-refractivity contribution in [3.05, 3.63) is 0 Å². The van der Waals surface area contributed by atoms with Gasteiger partial charge in [-0.15, -0.1) is 0 Å². The number of rotatable bonds is 2. The highest BCUT2D eigenvalue weighted by atomic mass is 32.2. The summed E-state index contributed by atoms with van der Waals surface area (Å²) in [4.78, 5) is 0. The average molecular weight is 170 g/mol. The van der Waals surface area contributed by atoms with E-state index in [0.29, 0.717) is 6.42 Å². The summed E-state index contributed by atoms with van der Waals surface area (Å²) in [6.07, 6.45) is 2.94. The molecule has 3 heteroatoms. The number of nitriles is 1. The van der Waals surface area contributed by atoms with Crippen molar-refractivity contribution in [2.24, 2.45) is 0 Å². The SMILES string of the molecule is CNC1(CC#N)CCSCC1. The van der Waals surface area contributed by atoms with Gasteiger partial charge in [0.15, 0.2) is 0 Å². The Morgan fingerprint density at radius 2 is 2.18 bits per heavy atom. The minimum absolute atomic E-state index is 0.139. The number of nitrogens with one attached hydrogen (secondary N) is 1. The third kappa shape index (κ3) is 2.11. The van der Waals surface area contributed by atoms with Crippen LogP contribution in [0.5, 0.6) is 0 Å². The molecule has 0 atom stereocenters. The van der Waals surface area contributed by atoms with Crippen LogP contribution < -0.4 is 5.32 Å². The molecule has 1 rings (SSSR count). The van der Waals surface area contributed by atoms with E-state index in [1.807, 2.05) is 18.8 Å². The number of hydrogen-bond donors (Lipinski definition) is 1. The lowest BCUT2D eigenvalue weighted by molar-refractivity contribution is 0.330. The molecule has 62 valence electrons. The fourth-order valence-electron chi connectivity index (χ4n) is 1.43. The Labute approximate surface area is 72.4 Å². The van der Waals surface area contributed by atoms with Crippen LogP contribution in [0.15, 0.2) is 0 Å². The van der Waals surface area contributed by atoms with Crippen molar-refractivity contribution >= 4 is 11.8 Å². The van der Waals surface area contributed by atoms with Crippen molar-refractivity contribution in [3.63, 3.8) is 0 Å². The smallest absolute Gasteiger partial charge is 0.0641 e. The molecule has 0 aliphatic carbocycles. The fraction of sp³-hybridized carbons (Fsp3) is 0.875. The minimum atomic E-state index is 0.139. The third-order valence-corrected chi connectivity index (χ3v) is 3.38.